The van der Waals surface area contributed by atoms with Gasteiger partial charge in [0.1, 0.15) is 0 Å². The predicted octanol–water partition coefficient (Wildman–Crippen LogP) is 2.25. The first-order valence-electron chi connectivity index (χ1n) is 3.39. The molecule has 0 aliphatic carbocycles. The first-order valence-corrected chi connectivity index (χ1v) is 6.24. The molecular formula is C7H5Cl2FO3S. The van der Waals surface area contributed by atoms with Gasteiger partial charge in [-0.1, -0.05) is 11.6 Å². The van der Waals surface area contributed by atoms with Crippen molar-refractivity contribution in [3.05, 3.63) is 28.5 Å². The highest BCUT2D eigenvalue weighted by Gasteiger charge is 2.12. The number of phenols is 1. The Kier molecular flexibility index (Phi) is 3.24. The Morgan fingerprint density at radius 2 is 2.00 bits per heavy atom. The Morgan fingerprint density at radius 3 is 2.43 bits per heavy atom. The van der Waals surface area contributed by atoms with Crippen molar-refractivity contribution in [1.29, 1.82) is 0 Å². The molecule has 0 saturated carbocycles. The number of benzene rings is 1. The third kappa shape index (κ3) is 3.01. The zero-order valence-electron chi connectivity index (χ0n) is 6.67. The van der Waals surface area contributed by atoms with Crippen LogP contribution >= 0.6 is 22.3 Å². The second-order valence-electron chi connectivity index (χ2n) is 2.59. The van der Waals surface area contributed by atoms with Crippen LogP contribution in [0.5, 0.6) is 5.75 Å². The van der Waals surface area contributed by atoms with E-state index in [-0.39, 0.29) is 10.6 Å². The van der Waals surface area contributed by atoms with E-state index in [1.807, 2.05) is 0 Å². The molecule has 0 saturated heterocycles. The summed E-state index contributed by atoms with van der Waals surface area (Å²) in [5.74, 6) is -2.22. The van der Waals surface area contributed by atoms with Gasteiger partial charge in [0.25, 0.3) is 0 Å². The summed E-state index contributed by atoms with van der Waals surface area (Å²) in [5.41, 5.74) is 0.0836. The molecule has 0 aliphatic heterocycles. The maximum atomic E-state index is 12.8. The van der Waals surface area contributed by atoms with Crippen molar-refractivity contribution < 1.29 is 17.9 Å². The van der Waals surface area contributed by atoms with Gasteiger partial charge < -0.3 is 5.11 Å². The van der Waals surface area contributed by atoms with Crippen molar-refractivity contribution in [3.63, 3.8) is 0 Å². The van der Waals surface area contributed by atoms with Gasteiger partial charge in [0.2, 0.25) is 9.05 Å². The van der Waals surface area contributed by atoms with E-state index < -0.39 is 26.4 Å². The van der Waals surface area contributed by atoms with Crippen molar-refractivity contribution in [2.75, 3.05) is 0 Å². The highest BCUT2D eigenvalue weighted by molar-refractivity contribution is 8.13. The minimum atomic E-state index is -3.76. The number of rotatable bonds is 2. The average Bonchev–Trinajstić information content (AvgIpc) is 1.96. The average molecular weight is 259 g/mol. The molecule has 0 aromatic heterocycles. The molecule has 0 aliphatic rings. The molecule has 0 unspecified atom stereocenters. The van der Waals surface area contributed by atoms with Gasteiger partial charge in [-0.2, -0.15) is 0 Å². The van der Waals surface area contributed by atoms with Crippen LogP contribution in [0, 0.1) is 5.82 Å². The normalized spacial score (nSPS) is 11.6. The molecular weight excluding hydrogens is 254 g/mol. The van der Waals surface area contributed by atoms with E-state index >= 15 is 0 Å². The molecule has 7 heteroatoms. The molecule has 0 spiro atoms. The van der Waals surface area contributed by atoms with E-state index in [4.69, 9.17) is 27.4 Å². The lowest BCUT2D eigenvalue weighted by Gasteiger charge is -2.02. The van der Waals surface area contributed by atoms with Crippen LogP contribution in [0.4, 0.5) is 4.39 Å². The van der Waals surface area contributed by atoms with Gasteiger partial charge in [0.15, 0.2) is 11.6 Å². The monoisotopic (exact) mass is 258 g/mol. The fraction of sp³-hybridized carbons (Fsp3) is 0.143. The van der Waals surface area contributed by atoms with E-state index in [0.717, 1.165) is 12.1 Å². The summed E-state index contributed by atoms with van der Waals surface area (Å²) in [5, 5.41) is 8.69. The molecule has 1 aromatic rings. The van der Waals surface area contributed by atoms with Crippen LogP contribution in [0.25, 0.3) is 0 Å². The van der Waals surface area contributed by atoms with Crippen molar-refractivity contribution in [3.8, 4) is 5.75 Å². The number of hydrogen-bond acceptors (Lipinski definition) is 3. The molecule has 1 rings (SSSR count). The molecule has 0 amide bonds. The minimum absolute atomic E-state index is 0.0836. The highest BCUT2D eigenvalue weighted by atomic mass is 35.7. The second kappa shape index (κ2) is 3.92. The molecule has 0 radical (unpaired) electrons. The molecule has 0 heterocycles. The Morgan fingerprint density at radius 1 is 1.43 bits per heavy atom. The fourth-order valence-corrected chi connectivity index (χ4v) is 2.07. The number of hydrogen-bond donors (Lipinski definition) is 1. The van der Waals surface area contributed by atoms with Crippen LogP contribution in [0.1, 0.15) is 5.56 Å². The van der Waals surface area contributed by atoms with Crippen molar-refractivity contribution in [2.45, 2.75) is 5.75 Å². The first kappa shape index (κ1) is 11.6. The van der Waals surface area contributed by atoms with Crippen molar-refractivity contribution in [2.24, 2.45) is 0 Å². The van der Waals surface area contributed by atoms with Crippen LogP contribution in [0.2, 0.25) is 5.02 Å². The van der Waals surface area contributed by atoms with Gasteiger partial charge in [-0.15, -0.1) is 0 Å². The van der Waals surface area contributed by atoms with E-state index in [2.05, 4.69) is 0 Å². The number of phenolic OH excluding ortho intramolecular Hbond substituents is 1. The Labute approximate surface area is 89.5 Å². The predicted molar refractivity (Wildman–Crippen MR) is 51.6 cm³/mol. The SMILES string of the molecule is O=S(=O)(Cl)Cc1cc(F)c(O)c(Cl)c1. The lowest BCUT2D eigenvalue weighted by atomic mass is 10.2. The lowest BCUT2D eigenvalue weighted by Crippen LogP contribution is -1.96. The fourth-order valence-electron chi connectivity index (χ4n) is 0.900. The van der Waals surface area contributed by atoms with Gasteiger partial charge in [-0.05, 0) is 17.7 Å². The zero-order valence-corrected chi connectivity index (χ0v) is 9.00. The molecule has 14 heavy (non-hydrogen) atoms. The Balaban J connectivity index is 3.14. The second-order valence-corrected chi connectivity index (χ2v) is 5.78. The smallest absolute Gasteiger partial charge is 0.236 e. The summed E-state index contributed by atoms with van der Waals surface area (Å²) >= 11 is 5.42. The summed E-state index contributed by atoms with van der Waals surface area (Å²) in [7, 11) is 1.20. The standard InChI is InChI=1S/C7H5Cl2FO3S/c8-5-1-4(3-14(9,12)13)2-6(10)7(5)11/h1-2,11H,3H2. The van der Waals surface area contributed by atoms with Gasteiger partial charge >= 0.3 is 0 Å². The Bertz CT molecular complexity index is 435. The maximum absolute atomic E-state index is 12.8. The topological polar surface area (TPSA) is 54.4 Å². The van der Waals surface area contributed by atoms with Crippen LogP contribution in [0.3, 0.4) is 0 Å². The van der Waals surface area contributed by atoms with Crippen molar-refractivity contribution >= 4 is 31.3 Å². The first-order chi connectivity index (χ1) is 6.29. The number of aromatic hydroxyl groups is 1. The summed E-state index contributed by atoms with van der Waals surface area (Å²) in [4.78, 5) is 0. The summed E-state index contributed by atoms with van der Waals surface area (Å²) in [6.07, 6.45) is 0. The van der Waals surface area contributed by atoms with Crippen LogP contribution in [-0.2, 0) is 14.8 Å². The molecule has 78 valence electrons. The highest BCUT2D eigenvalue weighted by Crippen LogP contribution is 2.28. The minimum Gasteiger partial charge on any atom is -0.504 e. The molecule has 0 bridgehead atoms. The molecule has 3 nitrogen and oxygen atoms in total. The van der Waals surface area contributed by atoms with Crippen LogP contribution < -0.4 is 0 Å². The van der Waals surface area contributed by atoms with Gasteiger partial charge in [-0.3, -0.25) is 0 Å². The van der Waals surface area contributed by atoms with Crippen molar-refractivity contribution in [1.82, 2.24) is 0 Å². The van der Waals surface area contributed by atoms with Crippen LogP contribution in [0.15, 0.2) is 12.1 Å². The van der Waals surface area contributed by atoms with E-state index in [9.17, 15) is 12.8 Å². The summed E-state index contributed by atoms with van der Waals surface area (Å²) in [6.45, 7) is 0. The molecule has 1 aromatic carbocycles. The zero-order chi connectivity index (χ0) is 10.9. The van der Waals surface area contributed by atoms with Gasteiger partial charge in [0.05, 0.1) is 10.8 Å². The Hall–Kier alpha value is -0.520. The number of halogens is 3. The van der Waals surface area contributed by atoms with Gasteiger partial charge in [-0.25, -0.2) is 12.8 Å². The molecule has 1 N–H and O–H groups in total. The lowest BCUT2D eigenvalue weighted by molar-refractivity contribution is 0.432. The quantitative estimate of drug-likeness (QED) is 0.829. The summed E-state index contributed by atoms with van der Waals surface area (Å²) in [6, 6.07) is 2.00. The largest absolute Gasteiger partial charge is 0.504 e. The maximum Gasteiger partial charge on any atom is 0.236 e. The van der Waals surface area contributed by atoms with Crippen LogP contribution in [-0.4, -0.2) is 13.5 Å². The molecule has 0 atom stereocenters. The van der Waals surface area contributed by atoms with E-state index in [1.54, 1.807) is 0 Å². The van der Waals surface area contributed by atoms with E-state index in [1.165, 1.54) is 0 Å². The summed E-state index contributed by atoms with van der Waals surface area (Å²) < 4.78 is 34.1. The third-order valence-corrected chi connectivity index (χ3v) is 2.71. The third-order valence-electron chi connectivity index (χ3n) is 1.42. The van der Waals surface area contributed by atoms with E-state index in [0.29, 0.717) is 0 Å². The molecule has 0 fully saturated rings. The van der Waals surface area contributed by atoms with Gasteiger partial charge in [0, 0.05) is 10.7 Å².